The Morgan fingerprint density at radius 3 is 2.78 bits per heavy atom. The summed E-state index contributed by atoms with van der Waals surface area (Å²) in [4.78, 5) is 17.3. The predicted molar refractivity (Wildman–Crippen MR) is 120 cm³/mol. The summed E-state index contributed by atoms with van der Waals surface area (Å²) in [5.74, 6) is 1.31. The van der Waals surface area contributed by atoms with Crippen molar-refractivity contribution in [1.29, 1.82) is 0 Å². The number of aryl methyl sites for hydroxylation is 1. The van der Waals surface area contributed by atoms with E-state index in [-0.39, 0.29) is 17.8 Å². The van der Waals surface area contributed by atoms with E-state index >= 15 is 0 Å². The Morgan fingerprint density at radius 1 is 1.19 bits per heavy atom. The van der Waals surface area contributed by atoms with Gasteiger partial charge < -0.3 is 10.1 Å². The van der Waals surface area contributed by atoms with Crippen LogP contribution in [0.15, 0.2) is 54.7 Å². The summed E-state index contributed by atoms with van der Waals surface area (Å²) in [5, 5.41) is 16.5. The molecule has 0 saturated carbocycles. The molecule has 0 radical (unpaired) electrons. The molecular formula is C23H19ClN6O2. The van der Waals surface area contributed by atoms with Crippen LogP contribution in [0.1, 0.15) is 29.2 Å². The van der Waals surface area contributed by atoms with Crippen molar-refractivity contribution in [3.63, 3.8) is 0 Å². The van der Waals surface area contributed by atoms with E-state index < -0.39 is 0 Å². The molecule has 1 aliphatic rings. The predicted octanol–water partition coefficient (Wildman–Crippen LogP) is 4.17. The first-order valence-corrected chi connectivity index (χ1v) is 10.4. The number of methoxy groups -OCH3 is 1. The Bertz CT molecular complexity index is 1320. The van der Waals surface area contributed by atoms with Crippen LogP contribution in [0.3, 0.4) is 0 Å². The van der Waals surface area contributed by atoms with E-state index in [1.54, 1.807) is 30.1 Å². The largest absolute Gasteiger partial charge is 0.497 e. The first-order valence-electron chi connectivity index (χ1n) is 10.0. The van der Waals surface area contributed by atoms with Gasteiger partial charge in [0.25, 0.3) is 5.95 Å². The lowest BCUT2D eigenvalue weighted by Crippen LogP contribution is -2.25. The van der Waals surface area contributed by atoms with Gasteiger partial charge in [0.05, 0.1) is 24.7 Å². The van der Waals surface area contributed by atoms with Gasteiger partial charge >= 0.3 is 0 Å². The van der Waals surface area contributed by atoms with Gasteiger partial charge in [0, 0.05) is 28.5 Å². The topological polar surface area (TPSA) is 94.8 Å². The zero-order valence-electron chi connectivity index (χ0n) is 17.4. The molecule has 160 valence electrons. The summed E-state index contributed by atoms with van der Waals surface area (Å²) in [6.45, 7) is 1.91. The van der Waals surface area contributed by atoms with Crippen molar-refractivity contribution in [3.8, 4) is 23.0 Å². The summed E-state index contributed by atoms with van der Waals surface area (Å²) in [6.07, 6.45) is 1.89. The number of aromatic nitrogens is 5. The zero-order chi connectivity index (χ0) is 22.2. The van der Waals surface area contributed by atoms with Crippen LogP contribution in [0.5, 0.6) is 5.75 Å². The fourth-order valence-electron chi connectivity index (χ4n) is 3.98. The monoisotopic (exact) mass is 446 g/mol. The maximum absolute atomic E-state index is 12.6. The second-order valence-corrected chi connectivity index (χ2v) is 7.93. The molecule has 2 aromatic heterocycles. The standard InChI is InChI=1S/C23H19ClN6O2/c1-13-21-18(15-4-3-5-17(10-15)32-2)11-20(31)27-22(21)30(29-13)23-26-19(12-25-28-23)14-6-8-16(24)9-7-14/h3-10,12,18H,11H2,1-2H3,(H,27,31)/t18-/m0/s1. The molecule has 3 heterocycles. The molecule has 4 aromatic rings. The van der Waals surface area contributed by atoms with Crippen LogP contribution in [0.25, 0.3) is 17.2 Å². The van der Waals surface area contributed by atoms with Gasteiger partial charge in [-0.2, -0.15) is 14.9 Å². The first kappa shape index (κ1) is 20.1. The first-order chi connectivity index (χ1) is 15.5. The number of carbonyl (C=O) groups excluding carboxylic acids is 1. The molecule has 0 saturated heterocycles. The van der Waals surface area contributed by atoms with Gasteiger partial charge in [-0.15, -0.1) is 5.10 Å². The van der Waals surface area contributed by atoms with Crippen LogP contribution >= 0.6 is 11.6 Å². The molecule has 9 heteroatoms. The SMILES string of the molecule is COc1cccc([C@@H]2CC(=O)Nc3c2c(C)nn3-c2nncc(-c3ccc(Cl)cc3)n2)c1. The molecule has 32 heavy (non-hydrogen) atoms. The molecule has 2 aromatic carbocycles. The summed E-state index contributed by atoms with van der Waals surface area (Å²) < 4.78 is 6.91. The lowest BCUT2D eigenvalue weighted by Gasteiger charge is -2.24. The molecule has 0 unspecified atom stereocenters. The number of fused-ring (bicyclic) bond motifs is 1. The van der Waals surface area contributed by atoms with E-state index in [9.17, 15) is 4.79 Å². The van der Waals surface area contributed by atoms with Crippen molar-refractivity contribution in [2.24, 2.45) is 0 Å². The average Bonchev–Trinajstić information content (AvgIpc) is 3.15. The number of hydrogen-bond donors (Lipinski definition) is 1. The molecule has 1 N–H and O–H groups in total. The van der Waals surface area contributed by atoms with Crippen LogP contribution in [0, 0.1) is 6.92 Å². The Labute approximate surface area is 189 Å². The number of anilines is 1. The molecule has 0 fully saturated rings. The third-order valence-corrected chi connectivity index (χ3v) is 5.73. The van der Waals surface area contributed by atoms with Gasteiger partial charge in [0.15, 0.2) is 0 Å². The van der Waals surface area contributed by atoms with E-state index in [2.05, 4.69) is 25.6 Å². The number of hydrogen-bond acceptors (Lipinski definition) is 6. The molecule has 8 nitrogen and oxygen atoms in total. The lowest BCUT2D eigenvalue weighted by atomic mass is 9.86. The normalized spacial score (nSPS) is 15.2. The number of carbonyl (C=O) groups is 1. The number of benzene rings is 2. The van der Waals surface area contributed by atoms with Crippen LogP contribution in [0.2, 0.25) is 5.02 Å². The van der Waals surface area contributed by atoms with Crippen molar-refractivity contribution >= 4 is 23.3 Å². The molecular weight excluding hydrogens is 428 g/mol. The molecule has 1 amide bonds. The summed E-state index contributed by atoms with van der Waals surface area (Å²) in [6, 6.07) is 15.0. The highest BCUT2D eigenvalue weighted by atomic mass is 35.5. The van der Waals surface area contributed by atoms with Crippen molar-refractivity contribution in [1.82, 2.24) is 25.0 Å². The highest BCUT2D eigenvalue weighted by molar-refractivity contribution is 6.30. The molecule has 5 rings (SSSR count). The second kappa shape index (κ2) is 8.05. The molecule has 0 spiro atoms. The second-order valence-electron chi connectivity index (χ2n) is 7.49. The Balaban J connectivity index is 1.60. The van der Waals surface area contributed by atoms with E-state index in [1.165, 1.54) is 0 Å². The maximum Gasteiger partial charge on any atom is 0.272 e. The highest BCUT2D eigenvalue weighted by Crippen LogP contribution is 2.40. The van der Waals surface area contributed by atoms with Crippen molar-refractivity contribution in [2.75, 3.05) is 12.4 Å². The van der Waals surface area contributed by atoms with Crippen LogP contribution in [0.4, 0.5) is 5.82 Å². The zero-order valence-corrected chi connectivity index (χ0v) is 18.2. The van der Waals surface area contributed by atoms with Gasteiger partial charge in [-0.05, 0) is 36.8 Å². The Morgan fingerprint density at radius 2 is 2.00 bits per heavy atom. The maximum atomic E-state index is 12.6. The molecule has 1 atom stereocenters. The minimum Gasteiger partial charge on any atom is -0.497 e. The van der Waals surface area contributed by atoms with Gasteiger partial charge in [0.2, 0.25) is 5.91 Å². The molecule has 1 aliphatic heterocycles. The summed E-state index contributed by atoms with van der Waals surface area (Å²) in [5.41, 5.74) is 4.17. The van der Waals surface area contributed by atoms with Gasteiger partial charge in [-0.25, -0.2) is 4.98 Å². The van der Waals surface area contributed by atoms with E-state index in [0.29, 0.717) is 23.0 Å². The third kappa shape index (κ3) is 3.58. The number of ether oxygens (including phenoxy) is 1. The molecule has 0 bridgehead atoms. The smallest absolute Gasteiger partial charge is 0.272 e. The third-order valence-electron chi connectivity index (χ3n) is 5.48. The Kier molecular flexibility index (Phi) is 5.07. The van der Waals surface area contributed by atoms with Crippen molar-refractivity contribution in [3.05, 3.63) is 76.6 Å². The fraction of sp³-hybridized carbons (Fsp3) is 0.174. The van der Waals surface area contributed by atoms with Gasteiger partial charge in [-0.1, -0.05) is 35.9 Å². The van der Waals surface area contributed by atoms with E-state index in [1.807, 2.05) is 43.3 Å². The van der Waals surface area contributed by atoms with Gasteiger partial charge in [-0.3, -0.25) is 4.79 Å². The van der Waals surface area contributed by atoms with Gasteiger partial charge in [0.1, 0.15) is 11.6 Å². The van der Waals surface area contributed by atoms with E-state index in [0.717, 1.165) is 28.1 Å². The number of amides is 1. The van der Waals surface area contributed by atoms with Crippen LogP contribution in [-0.4, -0.2) is 38.0 Å². The lowest BCUT2D eigenvalue weighted by molar-refractivity contribution is -0.116. The number of rotatable bonds is 4. The minimum atomic E-state index is -0.157. The average molecular weight is 447 g/mol. The number of nitrogens with zero attached hydrogens (tertiary/aromatic N) is 5. The molecule has 0 aliphatic carbocycles. The minimum absolute atomic E-state index is 0.103. The van der Waals surface area contributed by atoms with E-state index in [4.69, 9.17) is 16.3 Å². The van der Waals surface area contributed by atoms with Crippen molar-refractivity contribution in [2.45, 2.75) is 19.3 Å². The summed E-state index contributed by atoms with van der Waals surface area (Å²) in [7, 11) is 1.62. The quantitative estimate of drug-likeness (QED) is 0.505. The number of halogens is 1. The fourth-order valence-corrected chi connectivity index (χ4v) is 4.10. The summed E-state index contributed by atoms with van der Waals surface area (Å²) >= 11 is 5.99. The highest BCUT2D eigenvalue weighted by Gasteiger charge is 2.33. The Hall–Kier alpha value is -3.78. The number of nitrogens with one attached hydrogen (secondary N) is 1. The van der Waals surface area contributed by atoms with Crippen molar-refractivity contribution < 1.29 is 9.53 Å². The van der Waals surface area contributed by atoms with Crippen LogP contribution < -0.4 is 10.1 Å². The van der Waals surface area contributed by atoms with Crippen LogP contribution in [-0.2, 0) is 4.79 Å².